The van der Waals surface area contributed by atoms with Crippen LogP contribution in [0.2, 0.25) is 5.02 Å². The Morgan fingerprint density at radius 3 is 1.89 bits per heavy atom. The molecule has 174 valence electrons. The fraction of sp³-hybridized carbons (Fsp3) is 0.0714. The van der Waals surface area contributed by atoms with Crippen molar-refractivity contribution >= 4 is 38.6 Å². The second kappa shape index (κ2) is 9.49. The molecule has 35 heavy (non-hydrogen) atoms. The fourth-order valence-electron chi connectivity index (χ4n) is 4.25. The van der Waals surface area contributed by atoms with E-state index in [-0.39, 0.29) is 10.7 Å². The summed E-state index contributed by atoms with van der Waals surface area (Å²) in [6, 6.07) is 32.9. The monoisotopic (exact) mass is 500 g/mol. The van der Waals surface area contributed by atoms with Gasteiger partial charge in [-0.3, -0.25) is 4.79 Å². The van der Waals surface area contributed by atoms with Gasteiger partial charge in [-0.05, 0) is 42.0 Å². The summed E-state index contributed by atoms with van der Waals surface area (Å²) in [6.45, 7) is 0. The van der Waals surface area contributed by atoms with Crippen molar-refractivity contribution in [3.05, 3.63) is 131 Å². The zero-order valence-electron chi connectivity index (χ0n) is 18.5. The lowest BCUT2D eigenvalue weighted by atomic mass is 9.89. The van der Waals surface area contributed by atoms with E-state index < -0.39 is 21.1 Å². The van der Waals surface area contributed by atoms with Crippen LogP contribution in [0.4, 0.5) is 5.69 Å². The number of hydrogen-bond donors (Lipinski definition) is 0. The zero-order chi connectivity index (χ0) is 24.4. The molecule has 1 heterocycles. The van der Waals surface area contributed by atoms with Gasteiger partial charge in [-0.15, -0.1) is 0 Å². The van der Waals surface area contributed by atoms with Crippen LogP contribution < -0.4 is 5.01 Å². The van der Waals surface area contributed by atoms with Crippen LogP contribution in [0.5, 0.6) is 0 Å². The van der Waals surface area contributed by atoms with E-state index in [9.17, 15) is 13.2 Å². The number of hydrazone groups is 1. The summed E-state index contributed by atoms with van der Waals surface area (Å²) in [6.07, 6.45) is 0. The Bertz CT molecular complexity index is 1470. The predicted octanol–water partition coefficient (Wildman–Crippen LogP) is 5.86. The third-order valence-corrected chi connectivity index (χ3v) is 8.22. The Balaban J connectivity index is 1.74. The van der Waals surface area contributed by atoms with Gasteiger partial charge in [-0.2, -0.15) is 5.10 Å². The van der Waals surface area contributed by atoms with E-state index in [0.717, 1.165) is 0 Å². The molecule has 0 N–H and O–H groups in total. The van der Waals surface area contributed by atoms with E-state index >= 15 is 0 Å². The number of benzene rings is 4. The van der Waals surface area contributed by atoms with E-state index in [1.807, 2.05) is 24.3 Å². The second-order valence-electron chi connectivity index (χ2n) is 8.13. The highest BCUT2D eigenvalue weighted by Gasteiger charge is 2.50. The Labute approximate surface area is 209 Å². The summed E-state index contributed by atoms with van der Waals surface area (Å²) in [5.74, 6) is -1.38. The normalized spacial score (nSPS) is 17.7. The molecule has 0 radical (unpaired) electrons. The average Bonchev–Trinajstić information content (AvgIpc) is 3.32. The van der Waals surface area contributed by atoms with Crippen molar-refractivity contribution in [2.75, 3.05) is 5.01 Å². The maximum atomic E-state index is 14.1. The van der Waals surface area contributed by atoms with E-state index in [1.54, 1.807) is 91.0 Å². The van der Waals surface area contributed by atoms with Crippen molar-refractivity contribution in [3.63, 3.8) is 0 Å². The van der Waals surface area contributed by atoms with E-state index in [4.69, 9.17) is 16.7 Å². The molecule has 1 aliphatic heterocycles. The van der Waals surface area contributed by atoms with E-state index in [2.05, 4.69) is 0 Å². The van der Waals surface area contributed by atoms with E-state index in [0.29, 0.717) is 27.5 Å². The van der Waals surface area contributed by atoms with Gasteiger partial charge in [0.1, 0.15) is 5.92 Å². The number of carbonyl (C=O) groups excluding carboxylic acids is 1. The highest BCUT2D eigenvalue weighted by molar-refractivity contribution is 7.92. The number of Topliss-reactive ketones (excluding diaryl/α,β-unsaturated/α-hetero) is 1. The quantitative estimate of drug-likeness (QED) is 0.311. The number of para-hydroxylation sites is 1. The van der Waals surface area contributed by atoms with Gasteiger partial charge in [0.15, 0.2) is 11.2 Å². The number of sulfone groups is 1. The van der Waals surface area contributed by atoms with E-state index in [1.165, 1.54) is 5.01 Å². The van der Waals surface area contributed by atoms with Gasteiger partial charge in [-0.1, -0.05) is 90.5 Å². The van der Waals surface area contributed by atoms with Crippen LogP contribution in [0.3, 0.4) is 0 Å². The second-order valence-corrected chi connectivity index (χ2v) is 10.6. The third kappa shape index (κ3) is 4.38. The molecule has 5 rings (SSSR count). The number of nitrogens with zero attached hydrogens (tertiary/aromatic N) is 2. The smallest absolute Gasteiger partial charge is 0.202 e. The van der Waals surface area contributed by atoms with Crippen LogP contribution in [0, 0.1) is 5.92 Å². The zero-order valence-corrected chi connectivity index (χ0v) is 20.1. The standard InChI is InChI=1S/C28H21ClN2O3S/c29-22-18-16-20(17-19-22)26-25(27(32)21-10-4-1-5-11-21)28(31(30-26)23-12-6-2-7-13-23)35(33,34)24-14-8-3-9-15-24/h1-19,25,28H. The molecule has 0 amide bonds. The first-order valence-electron chi connectivity index (χ1n) is 11.0. The maximum absolute atomic E-state index is 14.1. The lowest BCUT2D eigenvalue weighted by Crippen LogP contribution is -2.44. The minimum Gasteiger partial charge on any atom is -0.293 e. The van der Waals surface area contributed by atoms with Gasteiger partial charge in [0.05, 0.1) is 16.3 Å². The molecule has 1 aliphatic rings. The molecule has 0 aromatic heterocycles. The number of ketones is 1. The summed E-state index contributed by atoms with van der Waals surface area (Å²) in [5.41, 5.74) is 2.01. The number of carbonyl (C=O) groups is 1. The predicted molar refractivity (Wildman–Crippen MR) is 139 cm³/mol. The first-order valence-corrected chi connectivity index (χ1v) is 13.0. The van der Waals surface area contributed by atoms with Gasteiger partial charge in [0.25, 0.3) is 0 Å². The van der Waals surface area contributed by atoms with Crippen LogP contribution in [0.25, 0.3) is 0 Å². The molecule has 0 aliphatic carbocycles. The van der Waals surface area contributed by atoms with Gasteiger partial charge in [0.2, 0.25) is 9.84 Å². The topological polar surface area (TPSA) is 66.8 Å². The molecule has 2 atom stereocenters. The van der Waals surface area contributed by atoms with Gasteiger partial charge < -0.3 is 0 Å². The average molecular weight is 501 g/mol. The molecule has 4 aromatic carbocycles. The largest absolute Gasteiger partial charge is 0.293 e. The molecule has 5 nitrogen and oxygen atoms in total. The summed E-state index contributed by atoms with van der Waals surface area (Å²) in [4.78, 5) is 14.1. The van der Waals surface area contributed by atoms with Crippen molar-refractivity contribution < 1.29 is 13.2 Å². The lowest BCUT2D eigenvalue weighted by molar-refractivity contribution is 0.0954. The molecule has 4 aromatic rings. The Morgan fingerprint density at radius 2 is 1.29 bits per heavy atom. The molecule has 0 saturated carbocycles. The molecule has 7 heteroatoms. The summed E-state index contributed by atoms with van der Waals surface area (Å²) in [7, 11) is -4.02. The van der Waals surface area contributed by atoms with Crippen molar-refractivity contribution in [2.45, 2.75) is 10.3 Å². The van der Waals surface area contributed by atoms with Crippen LogP contribution >= 0.6 is 11.6 Å². The minimum absolute atomic E-state index is 0.129. The molecular formula is C28H21ClN2O3S. The van der Waals surface area contributed by atoms with Crippen LogP contribution in [-0.4, -0.2) is 25.3 Å². The Hall–Kier alpha value is -3.74. The molecular weight excluding hydrogens is 480 g/mol. The maximum Gasteiger partial charge on any atom is 0.202 e. The van der Waals surface area contributed by atoms with Gasteiger partial charge >= 0.3 is 0 Å². The number of hydrogen-bond acceptors (Lipinski definition) is 5. The summed E-state index contributed by atoms with van der Waals surface area (Å²) >= 11 is 6.11. The van der Waals surface area contributed by atoms with Crippen LogP contribution in [0.15, 0.2) is 125 Å². The lowest BCUT2D eigenvalue weighted by Gasteiger charge is -2.27. The van der Waals surface area contributed by atoms with Crippen molar-refractivity contribution in [3.8, 4) is 0 Å². The Morgan fingerprint density at radius 1 is 0.743 bits per heavy atom. The molecule has 0 saturated heterocycles. The van der Waals surface area contributed by atoms with Crippen LogP contribution in [-0.2, 0) is 9.84 Å². The highest BCUT2D eigenvalue weighted by Crippen LogP contribution is 2.38. The molecule has 2 unspecified atom stereocenters. The van der Waals surface area contributed by atoms with Crippen LogP contribution in [0.1, 0.15) is 15.9 Å². The first-order chi connectivity index (χ1) is 17.0. The molecule has 0 fully saturated rings. The molecule has 0 bridgehead atoms. The Kier molecular flexibility index (Phi) is 6.24. The van der Waals surface area contributed by atoms with Gasteiger partial charge in [-0.25, -0.2) is 13.4 Å². The third-order valence-electron chi connectivity index (χ3n) is 5.93. The molecule has 0 spiro atoms. The SMILES string of the molecule is O=C(c1ccccc1)C1C(c2ccc(Cl)cc2)=NN(c2ccccc2)C1S(=O)(=O)c1ccccc1. The first kappa shape index (κ1) is 23.0. The summed E-state index contributed by atoms with van der Waals surface area (Å²) in [5, 5.41) is 5.48. The number of halogens is 1. The van der Waals surface area contributed by atoms with Crippen molar-refractivity contribution in [1.29, 1.82) is 0 Å². The fourth-order valence-corrected chi connectivity index (χ4v) is 6.23. The number of rotatable bonds is 6. The highest BCUT2D eigenvalue weighted by atomic mass is 35.5. The number of anilines is 1. The summed E-state index contributed by atoms with van der Waals surface area (Å²) < 4.78 is 28.2. The van der Waals surface area contributed by atoms with Gasteiger partial charge in [0, 0.05) is 10.6 Å². The minimum atomic E-state index is -4.02. The van der Waals surface area contributed by atoms with Crippen molar-refractivity contribution in [1.82, 2.24) is 0 Å². The van der Waals surface area contributed by atoms with Crippen molar-refractivity contribution in [2.24, 2.45) is 11.0 Å².